The van der Waals surface area contributed by atoms with Crippen molar-refractivity contribution >= 4 is 5.97 Å². The standard InChI is InChI=1S/C30H29NO2/c32-30(33-24-27-17-9-3-10-18-27)21-29(28-19-11-4-12-20-28)31(22-25-13-5-1-6-14-25)23-26-15-7-2-8-16-26/h1-20,29H,21-24H2/t29-/m1/s1. The molecular formula is C30H29NO2. The highest BCUT2D eigenvalue weighted by atomic mass is 16.5. The molecule has 0 bridgehead atoms. The Labute approximate surface area is 196 Å². The molecule has 0 aliphatic heterocycles. The van der Waals surface area contributed by atoms with Crippen LogP contribution in [-0.4, -0.2) is 10.9 Å². The number of rotatable bonds is 10. The van der Waals surface area contributed by atoms with Crippen LogP contribution in [0.5, 0.6) is 0 Å². The van der Waals surface area contributed by atoms with Crippen LogP contribution in [0.1, 0.15) is 34.7 Å². The number of hydrogen-bond donors (Lipinski definition) is 0. The second kappa shape index (κ2) is 11.8. The van der Waals surface area contributed by atoms with Gasteiger partial charge in [0, 0.05) is 19.1 Å². The van der Waals surface area contributed by atoms with Crippen LogP contribution in [-0.2, 0) is 29.2 Å². The van der Waals surface area contributed by atoms with Gasteiger partial charge < -0.3 is 4.74 Å². The highest BCUT2D eigenvalue weighted by Crippen LogP contribution is 2.29. The summed E-state index contributed by atoms with van der Waals surface area (Å²) in [5, 5.41) is 0. The third-order valence-electron chi connectivity index (χ3n) is 5.68. The molecule has 0 aromatic heterocycles. The van der Waals surface area contributed by atoms with Crippen molar-refractivity contribution in [1.29, 1.82) is 0 Å². The Balaban J connectivity index is 1.57. The molecule has 0 amide bonds. The third kappa shape index (κ3) is 6.90. The molecule has 1 atom stereocenters. The second-order valence-corrected chi connectivity index (χ2v) is 8.15. The van der Waals surface area contributed by atoms with Crippen molar-refractivity contribution in [1.82, 2.24) is 4.90 Å². The molecule has 0 N–H and O–H groups in total. The van der Waals surface area contributed by atoms with E-state index in [4.69, 9.17) is 4.74 Å². The number of ether oxygens (including phenoxy) is 1. The minimum atomic E-state index is -0.196. The highest BCUT2D eigenvalue weighted by molar-refractivity contribution is 5.70. The average molecular weight is 436 g/mol. The smallest absolute Gasteiger partial charge is 0.308 e. The second-order valence-electron chi connectivity index (χ2n) is 8.15. The van der Waals surface area contributed by atoms with Crippen molar-refractivity contribution in [3.63, 3.8) is 0 Å². The Morgan fingerprint density at radius 2 is 1.03 bits per heavy atom. The largest absolute Gasteiger partial charge is 0.461 e. The van der Waals surface area contributed by atoms with E-state index >= 15 is 0 Å². The summed E-state index contributed by atoms with van der Waals surface area (Å²) in [6, 6.07) is 40.8. The zero-order valence-electron chi connectivity index (χ0n) is 18.7. The molecule has 0 radical (unpaired) electrons. The van der Waals surface area contributed by atoms with E-state index in [9.17, 15) is 4.79 Å². The third-order valence-corrected chi connectivity index (χ3v) is 5.68. The monoisotopic (exact) mass is 435 g/mol. The Kier molecular flexibility index (Phi) is 8.04. The number of esters is 1. The van der Waals surface area contributed by atoms with Gasteiger partial charge in [-0.1, -0.05) is 121 Å². The number of carbonyl (C=O) groups excluding carboxylic acids is 1. The highest BCUT2D eigenvalue weighted by Gasteiger charge is 2.25. The minimum Gasteiger partial charge on any atom is -0.461 e. The van der Waals surface area contributed by atoms with Crippen LogP contribution < -0.4 is 0 Å². The van der Waals surface area contributed by atoms with Gasteiger partial charge in [-0.2, -0.15) is 0 Å². The van der Waals surface area contributed by atoms with Crippen molar-refractivity contribution in [2.24, 2.45) is 0 Å². The SMILES string of the molecule is O=C(C[C@H](c1ccccc1)N(Cc1ccccc1)Cc1ccccc1)OCc1ccccc1. The zero-order valence-corrected chi connectivity index (χ0v) is 18.7. The van der Waals surface area contributed by atoms with Gasteiger partial charge >= 0.3 is 5.97 Å². The van der Waals surface area contributed by atoms with Crippen molar-refractivity contribution < 1.29 is 9.53 Å². The number of hydrogen-bond acceptors (Lipinski definition) is 3. The topological polar surface area (TPSA) is 29.5 Å². The average Bonchev–Trinajstić information content (AvgIpc) is 2.88. The van der Waals surface area contributed by atoms with Crippen molar-refractivity contribution in [3.05, 3.63) is 144 Å². The Morgan fingerprint density at radius 3 is 1.52 bits per heavy atom. The molecule has 0 aliphatic carbocycles. The van der Waals surface area contributed by atoms with Gasteiger partial charge in [0.25, 0.3) is 0 Å². The summed E-state index contributed by atoms with van der Waals surface area (Å²) < 4.78 is 5.67. The van der Waals surface area contributed by atoms with Gasteiger partial charge in [-0.05, 0) is 22.3 Å². The molecule has 0 saturated heterocycles. The van der Waals surface area contributed by atoms with E-state index in [1.807, 2.05) is 60.7 Å². The molecule has 4 rings (SSSR count). The Hall–Kier alpha value is -3.69. The summed E-state index contributed by atoms with van der Waals surface area (Å²) >= 11 is 0. The van der Waals surface area contributed by atoms with E-state index in [1.54, 1.807) is 0 Å². The van der Waals surface area contributed by atoms with Crippen molar-refractivity contribution in [2.75, 3.05) is 0 Å². The minimum absolute atomic E-state index is 0.102. The van der Waals surface area contributed by atoms with Crippen LogP contribution in [0.4, 0.5) is 0 Å². The fraction of sp³-hybridized carbons (Fsp3) is 0.167. The molecule has 0 aliphatic rings. The van der Waals surface area contributed by atoms with Crippen LogP contribution in [0.2, 0.25) is 0 Å². The van der Waals surface area contributed by atoms with Crippen molar-refractivity contribution in [3.8, 4) is 0 Å². The van der Waals surface area contributed by atoms with Gasteiger partial charge in [0.15, 0.2) is 0 Å². The van der Waals surface area contributed by atoms with Gasteiger partial charge in [-0.15, -0.1) is 0 Å². The van der Waals surface area contributed by atoms with E-state index < -0.39 is 0 Å². The first-order valence-corrected chi connectivity index (χ1v) is 11.3. The van der Waals surface area contributed by atoms with Crippen LogP contribution >= 0.6 is 0 Å². The fourth-order valence-corrected chi connectivity index (χ4v) is 4.00. The Morgan fingerprint density at radius 1 is 0.606 bits per heavy atom. The zero-order chi connectivity index (χ0) is 22.7. The first kappa shape index (κ1) is 22.5. The first-order valence-electron chi connectivity index (χ1n) is 11.3. The van der Waals surface area contributed by atoms with Gasteiger partial charge in [0.2, 0.25) is 0 Å². The lowest BCUT2D eigenvalue weighted by Crippen LogP contribution is -2.30. The maximum Gasteiger partial charge on any atom is 0.308 e. The van der Waals surface area contributed by atoms with Crippen molar-refractivity contribution in [2.45, 2.75) is 32.2 Å². The molecule has 166 valence electrons. The molecule has 0 fully saturated rings. The van der Waals surface area contributed by atoms with E-state index in [-0.39, 0.29) is 18.4 Å². The summed E-state index contributed by atoms with van der Waals surface area (Å²) in [5.41, 5.74) is 4.53. The normalized spacial score (nSPS) is 11.8. The maximum absolute atomic E-state index is 13.0. The lowest BCUT2D eigenvalue weighted by molar-refractivity contribution is -0.146. The van der Waals surface area contributed by atoms with Crippen LogP contribution in [0.15, 0.2) is 121 Å². The summed E-state index contributed by atoms with van der Waals surface area (Å²) in [7, 11) is 0. The molecule has 0 saturated carbocycles. The molecule has 0 unspecified atom stereocenters. The predicted molar refractivity (Wildman–Crippen MR) is 132 cm³/mol. The molecule has 3 heteroatoms. The molecule has 0 heterocycles. The van der Waals surface area contributed by atoms with Crippen LogP contribution in [0.25, 0.3) is 0 Å². The van der Waals surface area contributed by atoms with E-state index in [2.05, 4.69) is 65.6 Å². The van der Waals surface area contributed by atoms with Gasteiger partial charge in [-0.25, -0.2) is 0 Å². The molecule has 33 heavy (non-hydrogen) atoms. The van der Waals surface area contributed by atoms with E-state index in [0.29, 0.717) is 6.61 Å². The molecular weight excluding hydrogens is 406 g/mol. The van der Waals surface area contributed by atoms with Gasteiger partial charge in [0.05, 0.1) is 6.42 Å². The van der Waals surface area contributed by atoms with E-state index in [0.717, 1.165) is 24.2 Å². The number of nitrogens with zero attached hydrogens (tertiary/aromatic N) is 1. The summed E-state index contributed by atoms with van der Waals surface area (Å²) in [5.74, 6) is -0.196. The van der Waals surface area contributed by atoms with Crippen LogP contribution in [0, 0.1) is 0 Å². The number of carbonyl (C=O) groups is 1. The van der Waals surface area contributed by atoms with Gasteiger partial charge in [0.1, 0.15) is 6.61 Å². The lowest BCUT2D eigenvalue weighted by atomic mass is 10.00. The summed E-state index contributed by atoms with van der Waals surface area (Å²) in [6.45, 7) is 1.76. The predicted octanol–water partition coefficient (Wildman–Crippen LogP) is 6.56. The molecule has 4 aromatic carbocycles. The molecule has 4 aromatic rings. The maximum atomic E-state index is 13.0. The summed E-state index contributed by atoms with van der Waals surface area (Å²) in [4.78, 5) is 15.3. The fourth-order valence-electron chi connectivity index (χ4n) is 4.00. The molecule has 0 spiro atoms. The first-order chi connectivity index (χ1) is 16.3. The van der Waals surface area contributed by atoms with Gasteiger partial charge in [-0.3, -0.25) is 9.69 Å². The number of benzene rings is 4. The molecule has 3 nitrogen and oxygen atoms in total. The van der Waals surface area contributed by atoms with Crippen LogP contribution in [0.3, 0.4) is 0 Å². The van der Waals surface area contributed by atoms with E-state index in [1.165, 1.54) is 11.1 Å². The quantitative estimate of drug-likeness (QED) is 0.264. The summed E-state index contributed by atoms with van der Waals surface area (Å²) in [6.07, 6.45) is 0.288. The lowest BCUT2D eigenvalue weighted by Gasteiger charge is -2.32. The Bertz CT molecular complexity index is 1060.